The Labute approximate surface area is 94.7 Å². The van der Waals surface area contributed by atoms with Gasteiger partial charge in [0.2, 0.25) is 5.91 Å². The minimum atomic E-state index is -0.359. The van der Waals surface area contributed by atoms with Crippen molar-refractivity contribution >= 4 is 11.9 Å². The molecule has 1 aliphatic heterocycles. The number of nitrogens with zero attached hydrogens (tertiary/aromatic N) is 1. The van der Waals surface area contributed by atoms with E-state index in [1.165, 1.54) is 0 Å². The van der Waals surface area contributed by atoms with Crippen molar-refractivity contribution in [2.24, 2.45) is 0 Å². The van der Waals surface area contributed by atoms with E-state index in [1.807, 2.05) is 4.90 Å². The largest absolute Gasteiger partial charge is 0.335 e. The summed E-state index contributed by atoms with van der Waals surface area (Å²) in [5, 5.41) is 8.28. The van der Waals surface area contributed by atoms with Gasteiger partial charge in [-0.15, -0.1) is 0 Å². The standard InChI is InChI=1S/C10H18N4O2/c15-9(7-14-5-3-11-4-6-14)13-10(16)12-8-1-2-8/h8,11H,1-7H2,(H2,12,13,15,16). The van der Waals surface area contributed by atoms with Crippen molar-refractivity contribution in [3.8, 4) is 0 Å². The number of hydrogen-bond acceptors (Lipinski definition) is 4. The van der Waals surface area contributed by atoms with Crippen LogP contribution in [0.5, 0.6) is 0 Å². The van der Waals surface area contributed by atoms with Gasteiger partial charge in [-0.25, -0.2) is 4.79 Å². The molecule has 0 aromatic carbocycles. The molecule has 6 nitrogen and oxygen atoms in total. The SMILES string of the molecule is O=C(CN1CCNCC1)NC(=O)NC1CC1. The summed E-state index contributed by atoms with van der Waals surface area (Å²) in [7, 11) is 0. The summed E-state index contributed by atoms with van der Waals surface area (Å²) in [5.74, 6) is -0.222. The number of carbonyl (C=O) groups is 2. The maximum atomic E-state index is 11.5. The molecule has 16 heavy (non-hydrogen) atoms. The lowest BCUT2D eigenvalue weighted by atomic mass is 10.3. The predicted octanol–water partition coefficient (Wildman–Crippen LogP) is -1.12. The van der Waals surface area contributed by atoms with E-state index in [-0.39, 0.29) is 18.0 Å². The molecule has 90 valence electrons. The molecule has 2 rings (SSSR count). The fraction of sp³-hybridized carbons (Fsp3) is 0.800. The quantitative estimate of drug-likeness (QED) is 0.570. The van der Waals surface area contributed by atoms with Crippen molar-refractivity contribution in [1.29, 1.82) is 0 Å². The number of urea groups is 1. The number of amides is 3. The molecular formula is C10H18N4O2. The second-order valence-corrected chi connectivity index (χ2v) is 4.32. The van der Waals surface area contributed by atoms with E-state index in [0.717, 1.165) is 39.0 Å². The zero-order valence-corrected chi connectivity index (χ0v) is 9.29. The highest BCUT2D eigenvalue weighted by molar-refractivity contribution is 5.95. The average molecular weight is 226 g/mol. The van der Waals surface area contributed by atoms with Gasteiger partial charge in [-0.3, -0.25) is 15.0 Å². The van der Waals surface area contributed by atoms with E-state index >= 15 is 0 Å². The Balaban J connectivity index is 1.64. The minimum absolute atomic E-state index is 0.222. The van der Waals surface area contributed by atoms with Gasteiger partial charge in [0.05, 0.1) is 6.54 Å². The first kappa shape index (κ1) is 11.3. The van der Waals surface area contributed by atoms with Gasteiger partial charge in [0.25, 0.3) is 0 Å². The molecule has 3 N–H and O–H groups in total. The normalized spacial score (nSPS) is 21.5. The molecule has 6 heteroatoms. The Bertz CT molecular complexity index is 272. The van der Waals surface area contributed by atoms with Crippen molar-refractivity contribution < 1.29 is 9.59 Å². The minimum Gasteiger partial charge on any atom is -0.335 e. The molecule has 1 aliphatic carbocycles. The fourth-order valence-corrected chi connectivity index (χ4v) is 1.69. The van der Waals surface area contributed by atoms with Crippen molar-refractivity contribution in [2.75, 3.05) is 32.7 Å². The summed E-state index contributed by atoms with van der Waals surface area (Å²) in [6.45, 7) is 3.83. The van der Waals surface area contributed by atoms with E-state index in [1.54, 1.807) is 0 Å². The van der Waals surface area contributed by atoms with Crippen LogP contribution in [-0.4, -0.2) is 55.6 Å². The van der Waals surface area contributed by atoms with Crippen LogP contribution in [0.15, 0.2) is 0 Å². The lowest BCUT2D eigenvalue weighted by molar-refractivity contribution is -0.121. The van der Waals surface area contributed by atoms with Gasteiger partial charge in [-0.05, 0) is 12.8 Å². The van der Waals surface area contributed by atoms with Crippen LogP contribution in [0.2, 0.25) is 0 Å². The first-order chi connectivity index (χ1) is 7.74. The highest BCUT2D eigenvalue weighted by atomic mass is 16.2. The highest BCUT2D eigenvalue weighted by Crippen LogP contribution is 2.18. The molecule has 0 aromatic heterocycles. The first-order valence-corrected chi connectivity index (χ1v) is 5.77. The molecule has 0 spiro atoms. The van der Waals surface area contributed by atoms with Crippen molar-refractivity contribution in [3.05, 3.63) is 0 Å². The van der Waals surface area contributed by atoms with Crippen LogP contribution in [0.4, 0.5) is 4.79 Å². The number of rotatable bonds is 3. The van der Waals surface area contributed by atoms with Crippen LogP contribution in [-0.2, 0) is 4.79 Å². The van der Waals surface area contributed by atoms with Crippen LogP contribution in [0.3, 0.4) is 0 Å². The molecule has 1 heterocycles. The van der Waals surface area contributed by atoms with Gasteiger partial charge in [-0.2, -0.15) is 0 Å². The lowest BCUT2D eigenvalue weighted by Gasteiger charge is -2.26. The summed E-state index contributed by atoms with van der Waals surface area (Å²) in [5.41, 5.74) is 0. The molecule has 1 saturated heterocycles. The third-order valence-electron chi connectivity index (χ3n) is 2.74. The summed E-state index contributed by atoms with van der Waals surface area (Å²) in [6.07, 6.45) is 2.05. The van der Waals surface area contributed by atoms with Gasteiger partial charge < -0.3 is 10.6 Å². The molecule has 1 saturated carbocycles. The third-order valence-corrected chi connectivity index (χ3v) is 2.74. The third kappa shape index (κ3) is 3.79. The van der Waals surface area contributed by atoms with Gasteiger partial charge >= 0.3 is 6.03 Å². The number of imide groups is 1. The van der Waals surface area contributed by atoms with E-state index in [0.29, 0.717) is 6.54 Å². The Morgan fingerprint density at radius 3 is 2.56 bits per heavy atom. The zero-order valence-electron chi connectivity index (χ0n) is 9.29. The second kappa shape index (κ2) is 5.27. The zero-order chi connectivity index (χ0) is 11.4. The summed E-state index contributed by atoms with van der Waals surface area (Å²) < 4.78 is 0. The molecule has 0 bridgehead atoms. The summed E-state index contributed by atoms with van der Waals surface area (Å²) in [4.78, 5) is 24.8. The molecule has 0 aromatic rings. The van der Waals surface area contributed by atoms with Gasteiger partial charge in [0.15, 0.2) is 0 Å². The molecular weight excluding hydrogens is 208 g/mol. The predicted molar refractivity (Wildman–Crippen MR) is 59.0 cm³/mol. The maximum Gasteiger partial charge on any atom is 0.321 e. The number of nitrogens with one attached hydrogen (secondary N) is 3. The van der Waals surface area contributed by atoms with Crippen molar-refractivity contribution in [2.45, 2.75) is 18.9 Å². The van der Waals surface area contributed by atoms with E-state index < -0.39 is 0 Å². The molecule has 2 fully saturated rings. The van der Waals surface area contributed by atoms with Crippen LogP contribution < -0.4 is 16.0 Å². The van der Waals surface area contributed by atoms with Gasteiger partial charge in [-0.1, -0.05) is 0 Å². The molecule has 2 aliphatic rings. The lowest BCUT2D eigenvalue weighted by Crippen LogP contribution is -2.50. The molecule has 0 unspecified atom stereocenters. The van der Waals surface area contributed by atoms with Crippen LogP contribution >= 0.6 is 0 Å². The Morgan fingerprint density at radius 1 is 1.25 bits per heavy atom. The average Bonchev–Trinajstić information content (AvgIpc) is 3.02. The van der Waals surface area contributed by atoms with Crippen molar-refractivity contribution in [3.63, 3.8) is 0 Å². The Morgan fingerprint density at radius 2 is 1.94 bits per heavy atom. The summed E-state index contributed by atoms with van der Waals surface area (Å²) in [6, 6.07) is -0.0744. The topological polar surface area (TPSA) is 73.5 Å². The van der Waals surface area contributed by atoms with Crippen LogP contribution in [0.25, 0.3) is 0 Å². The van der Waals surface area contributed by atoms with Crippen molar-refractivity contribution in [1.82, 2.24) is 20.9 Å². The van der Waals surface area contributed by atoms with E-state index in [4.69, 9.17) is 0 Å². The Hall–Kier alpha value is -1.14. The van der Waals surface area contributed by atoms with E-state index in [2.05, 4.69) is 16.0 Å². The number of piperazine rings is 1. The number of carbonyl (C=O) groups excluding carboxylic acids is 2. The fourth-order valence-electron chi connectivity index (χ4n) is 1.69. The van der Waals surface area contributed by atoms with Crippen LogP contribution in [0.1, 0.15) is 12.8 Å². The maximum absolute atomic E-state index is 11.5. The van der Waals surface area contributed by atoms with Crippen LogP contribution in [0, 0.1) is 0 Å². The Kier molecular flexibility index (Phi) is 3.74. The summed E-state index contributed by atoms with van der Waals surface area (Å²) >= 11 is 0. The molecule has 0 radical (unpaired) electrons. The van der Waals surface area contributed by atoms with Gasteiger partial charge in [0.1, 0.15) is 0 Å². The number of hydrogen-bond donors (Lipinski definition) is 3. The highest BCUT2D eigenvalue weighted by Gasteiger charge is 2.24. The monoisotopic (exact) mass is 226 g/mol. The van der Waals surface area contributed by atoms with Gasteiger partial charge in [0, 0.05) is 32.2 Å². The smallest absolute Gasteiger partial charge is 0.321 e. The van der Waals surface area contributed by atoms with E-state index in [9.17, 15) is 9.59 Å². The molecule has 0 atom stereocenters. The molecule has 3 amide bonds. The first-order valence-electron chi connectivity index (χ1n) is 5.77. The second-order valence-electron chi connectivity index (χ2n) is 4.32.